The lowest BCUT2D eigenvalue weighted by molar-refractivity contribution is 0.355. The molecule has 32 heavy (non-hydrogen) atoms. The average molecular weight is 445 g/mol. The summed E-state index contributed by atoms with van der Waals surface area (Å²) in [5.74, 6) is 1.63. The first kappa shape index (κ1) is 21.3. The van der Waals surface area contributed by atoms with Crippen molar-refractivity contribution in [3.05, 3.63) is 89.4 Å². The Labute approximate surface area is 191 Å². The quantitative estimate of drug-likeness (QED) is 0.283. The molecule has 4 aromatic rings. The first-order chi connectivity index (χ1) is 15.7. The normalized spacial score (nSPS) is 10.8. The minimum absolute atomic E-state index is 0.361. The van der Waals surface area contributed by atoms with Crippen molar-refractivity contribution in [2.45, 2.75) is 0 Å². The Morgan fingerprint density at radius 1 is 0.781 bits per heavy atom. The molecule has 0 amide bonds. The van der Waals surface area contributed by atoms with E-state index in [1.807, 2.05) is 78.9 Å². The monoisotopic (exact) mass is 444 g/mol. The van der Waals surface area contributed by atoms with Crippen molar-refractivity contribution in [1.29, 1.82) is 0 Å². The molecule has 0 aliphatic carbocycles. The molecule has 0 spiro atoms. The molecule has 1 aromatic heterocycles. The Balaban J connectivity index is 1.73. The number of anilines is 1. The molecule has 4 rings (SSSR count). The van der Waals surface area contributed by atoms with E-state index in [9.17, 15) is 0 Å². The highest BCUT2D eigenvalue weighted by molar-refractivity contribution is 6.33. The Morgan fingerprint density at radius 3 is 2.19 bits per heavy atom. The molecule has 7 heteroatoms. The molecule has 0 atom stereocenters. The molecule has 3 aromatic carbocycles. The Hall–Kier alpha value is -3.90. The van der Waals surface area contributed by atoms with E-state index < -0.39 is 0 Å². The van der Waals surface area contributed by atoms with E-state index in [0.717, 1.165) is 28.1 Å². The van der Waals surface area contributed by atoms with Gasteiger partial charge in [-0.2, -0.15) is 5.10 Å². The summed E-state index contributed by atoms with van der Waals surface area (Å²) < 4.78 is 10.8. The van der Waals surface area contributed by atoms with Gasteiger partial charge in [0.05, 0.1) is 31.8 Å². The van der Waals surface area contributed by atoms with Crippen molar-refractivity contribution in [2.24, 2.45) is 5.10 Å². The average Bonchev–Trinajstić information content (AvgIpc) is 2.85. The lowest BCUT2D eigenvalue weighted by Gasteiger charge is -2.11. The Morgan fingerprint density at radius 2 is 1.47 bits per heavy atom. The summed E-state index contributed by atoms with van der Waals surface area (Å²) in [5, 5.41) is 4.89. The number of aromatic nitrogens is 2. The van der Waals surface area contributed by atoms with Crippen LogP contribution in [0, 0.1) is 0 Å². The van der Waals surface area contributed by atoms with Gasteiger partial charge in [-0.25, -0.2) is 15.4 Å². The van der Waals surface area contributed by atoms with Crippen LogP contribution in [-0.2, 0) is 0 Å². The van der Waals surface area contributed by atoms with Gasteiger partial charge in [-0.05, 0) is 30.3 Å². The van der Waals surface area contributed by atoms with E-state index in [1.165, 1.54) is 0 Å². The number of hydrogen-bond donors (Lipinski definition) is 1. The smallest absolute Gasteiger partial charge is 0.244 e. The third kappa shape index (κ3) is 4.87. The molecule has 0 bridgehead atoms. The van der Waals surface area contributed by atoms with E-state index >= 15 is 0 Å². The molecule has 0 aliphatic heterocycles. The zero-order chi connectivity index (χ0) is 22.3. The molecular formula is C25H21ClN4O2. The summed E-state index contributed by atoms with van der Waals surface area (Å²) in [5.41, 5.74) is 7.03. The lowest BCUT2D eigenvalue weighted by Crippen LogP contribution is -2.01. The summed E-state index contributed by atoms with van der Waals surface area (Å²) in [6.07, 6.45) is 1.64. The van der Waals surface area contributed by atoms with Crippen LogP contribution in [0.3, 0.4) is 0 Å². The van der Waals surface area contributed by atoms with Crippen LogP contribution in [-0.4, -0.2) is 30.4 Å². The van der Waals surface area contributed by atoms with Gasteiger partial charge < -0.3 is 9.47 Å². The Bertz CT molecular complexity index is 1250. The van der Waals surface area contributed by atoms with Gasteiger partial charge in [-0.3, -0.25) is 0 Å². The second-order valence-electron chi connectivity index (χ2n) is 6.79. The maximum atomic E-state index is 6.20. The molecule has 0 saturated heterocycles. The number of halogens is 1. The van der Waals surface area contributed by atoms with Crippen LogP contribution in [0.5, 0.6) is 11.5 Å². The number of nitrogens with zero attached hydrogens (tertiary/aromatic N) is 3. The minimum Gasteiger partial charge on any atom is -0.493 e. The second kappa shape index (κ2) is 9.94. The highest BCUT2D eigenvalue weighted by Gasteiger charge is 2.11. The third-order valence-electron chi connectivity index (χ3n) is 4.75. The zero-order valence-electron chi connectivity index (χ0n) is 17.6. The van der Waals surface area contributed by atoms with E-state index in [1.54, 1.807) is 20.4 Å². The molecule has 6 nitrogen and oxygen atoms in total. The van der Waals surface area contributed by atoms with Gasteiger partial charge >= 0.3 is 0 Å². The van der Waals surface area contributed by atoms with E-state index in [4.69, 9.17) is 21.1 Å². The standard InChI is InChI=1S/C25H21ClN4O2/c1-31-23-13-12-18(14-24(23)32-2)22-15-21(17-8-4-3-5-9-17)28-25(29-22)30-27-16-19-10-6-7-11-20(19)26/h3-16H,1-2H3,(H,28,29,30)/b27-16-. The van der Waals surface area contributed by atoms with Crippen molar-refractivity contribution in [3.8, 4) is 34.0 Å². The van der Waals surface area contributed by atoms with Crippen LogP contribution in [0.2, 0.25) is 5.02 Å². The predicted octanol–water partition coefficient (Wildman–Crippen LogP) is 5.93. The van der Waals surface area contributed by atoms with Crippen molar-refractivity contribution < 1.29 is 9.47 Å². The van der Waals surface area contributed by atoms with Gasteiger partial charge in [0.2, 0.25) is 5.95 Å². The number of rotatable bonds is 7. The SMILES string of the molecule is COc1ccc(-c2cc(-c3ccccc3)nc(N/N=C\c3ccccc3Cl)n2)cc1OC. The highest BCUT2D eigenvalue weighted by atomic mass is 35.5. The van der Waals surface area contributed by atoms with Gasteiger partial charge in [0.1, 0.15) is 0 Å². The molecule has 0 aliphatic rings. The maximum absolute atomic E-state index is 6.20. The maximum Gasteiger partial charge on any atom is 0.244 e. The van der Waals surface area contributed by atoms with Crippen LogP contribution in [0.25, 0.3) is 22.5 Å². The topological polar surface area (TPSA) is 68.6 Å². The van der Waals surface area contributed by atoms with Crippen molar-refractivity contribution in [3.63, 3.8) is 0 Å². The summed E-state index contributed by atoms with van der Waals surface area (Å²) in [7, 11) is 3.21. The van der Waals surface area contributed by atoms with Gasteiger partial charge in [0.15, 0.2) is 11.5 Å². The summed E-state index contributed by atoms with van der Waals surface area (Å²) >= 11 is 6.20. The van der Waals surface area contributed by atoms with Crippen molar-refractivity contribution in [1.82, 2.24) is 9.97 Å². The number of hydrogen-bond acceptors (Lipinski definition) is 6. The molecule has 160 valence electrons. The number of ether oxygens (including phenoxy) is 2. The van der Waals surface area contributed by atoms with Crippen LogP contribution in [0.4, 0.5) is 5.95 Å². The molecule has 0 fully saturated rings. The summed E-state index contributed by atoms with van der Waals surface area (Å²) in [6, 6.07) is 24.9. The fraction of sp³-hybridized carbons (Fsp3) is 0.0800. The number of methoxy groups -OCH3 is 2. The summed E-state index contributed by atoms with van der Waals surface area (Å²) in [6.45, 7) is 0. The fourth-order valence-electron chi connectivity index (χ4n) is 3.14. The van der Waals surface area contributed by atoms with Crippen molar-refractivity contribution in [2.75, 3.05) is 19.6 Å². The number of benzene rings is 3. The van der Waals surface area contributed by atoms with E-state index in [-0.39, 0.29) is 0 Å². The van der Waals surface area contributed by atoms with Crippen LogP contribution in [0.1, 0.15) is 5.56 Å². The lowest BCUT2D eigenvalue weighted by atomic mass is 10.1. The van der Waals surface area contributed by atoms with Gasteiger partial charge in [0, 0.05) is 21.7 Å². The van der Waals surface area contributed by atoms with Crippen LogP contribution < -0.4 is 14.9 Å². The molecular weight excluding hydrogens is 424 g/mol. The zero-order valence-corrected chi connectivity index (χ0v) is 18.4. The number of hydrazone groups is 1. The second-order valence-corrected chi connectivity index (χ2v) is 7.20. The van der Waals surface area contributed by atoms with Crippen molar-refractivity contribution >= 4 is 23.8 Å². The molecule has 1 heterocycles. The fourth-order valence-corrected chi connectivity index (χ4v) is 3.32. The summed E-state index contributed by atoms with van der Waals surface area (Å²) in [4.78, 5) is 9.28. The van der Waals surface area contributed by atoms with Gasteiger partial charge in [0.25, 0.3) is 0 Å². The minimum atomic E-state index is 0.361. The first-order valence-electron chi connectivity index (χ1n) is 9.88. The molecule has 1 N–H and O–H groups in total. The molecule has 0 unspecified atom stereocenters. The van der Waals surface area contributed by atoms with E-state index in [2.05, 4.69) is 20.5 Å². The predicted molar refractivity (Wildman–Crippen MR) is 129 cm³/mol. The van der Waals surface area contributed by atoms with Gasteiger partial charge in [-0.1, -0.05) is 60.1 Å². The Kier molecular flexibility index (Phi) is 6.63. The van der Waals surface area contributed by atoms with E-state index in [0.29, 0.717) is 22.5 Å². The largest absolute Gasteiger partial charge is 0.493 e. The highest BCUT2D eigenvalue weighted by Crippen LogP contribution is 2.33. The third-order valence-corrected chi connectivity index (χ3v) is 5.09. The van der Waals surface area contributed by atoms with Crippen LogP contribution in [0.15, 0.2) is 84.0 Å². The first-order valence-corrected chi connectivity index (χ1v) is 10.3. The van der Waals surface area contributed by atoms with Gasteiger partial charge in [-0.15, -0.1) is 0 Å². The van der Waals surface area contributed by atoms with Crippen LogP contribution >= 0.6 is 11.6 Å². The number of nitrogens with one attached hydrogen (secondary N) is 1. The molecule has 0 radical (unpaired) electrons. The molecule has 0 saturated carbocycles.